The molecule has 1 aliphatic carbocycles. The van der Waals surface area contributed by atoms with E-state index in [0.29, 0.717) is 11.5 Å². The number of aromatic nitrogens is 1. The Morgan fingerprint density at radius 3 is 3.05 bits per heavy atom. The van der Waals surface area contributed by atoms with Crippen molar-refractivity contribution in [2.75, 3.05) is 6.61 Å². The number of hydrogen-bond acceptors (Lipinski definition) is 5. The first-order chi connectivity index (χ1) is 10.8. The number of aliphatic hydroxyl groups excluding tert-OH is 1. The number of carbonyl (C=O) groups is 1. The van der Waals surface area contributed by atoms with Crippen LogP contribution in [0.25, 0.3) is 10.6 Å². The molecule has 2 aromatic rings. The molecule has 118 valence electrons. The van der Waals surface area contributed by atoms with E-state index in [1.54, 1.807) is 0 Å². The van der Waals surface area contributed by atoms with Gasteiger partial charge in [-0.05, 0) is 24.3 Å². The van der Waals surface area contributed by atoms with Crippen LogP contribution < -0.4 is 5.32 Å². The molecule has 1 aliphatic rings. The minimum absolute atomic E-state index is 0.00730. The summed E-state index contributed by atoms with van der Waals surface area (Å²) < 4.78 is 5.39. The topological polar surface area (TPSA) is 75.4 Å². The fraction of sp³-hybridized carbons (Fsp3) is 0.500. The summed E-state index contributed by atoms with van der Waals surface area (Å²) in [6.07, 6.45) is 6.52. The second kappa shape index (κ2) is 7.07. The first-order valence-electron chi connectivity index (χ1n) is 7.68. The molecule has 2 heterocycles. The average Bonchev–Trinajstić information content (AvgIpc) is 3.16. The molecule has 1 saturated carbocycles. The van der Waals surface area contributed by atoms with Gasteiger partial charge < -0.3 is 14.8 Å². The third-order valence-corrected chi connectivity index (χ3v) is 5.11. The summed E-state index contributed by atoms with van der Waals surface area (Å²) in [5, 5.41) is 14.5. The third-order valence-electron chi connectivity index (χ3n) is 4.24. The van der Waals surface area contributed by atoms with Crippen molar-refractivity contribution in [3.8, 4) is 10.6 Å². The average molecular weight is 320 g/mol. The fourth-order valence-electron chi connectivity index (χ4n) is 3.02. The maximum Gasteiger partial charge on any atom is 0.274 e. The minimum atomic E-state index is -0.220. The first kappa shape index (κ1) is 15.2. The lowest BCUT2D eigenvalue weighted by molar-refractivity contribution is 0.0895. The minimum Gasteiger partial charge on any atom is -0.442 e. The molecule has 0 bridgehead atoms. The van der Waals surface area contributed by atoms with Crippen molar-refractivity contribution in [1.29, 1.82) is 0 Å². The van der Waals surface area contributed by atoms with E-state index >= 15 is 0 Å². The Morgan fingerprint density at radius 1 is 1.41 bits per heavy atom. The molecular weight excluding hydrogens is 300 g/mol. The van der Waals surface area contributed by atoms with Gasteiger partial charge in [-0.2, -0.15) is 0 Å². The smallest absolute Gasteiger partial charge is 0.274 e. The van der Waals surface area contributed by atoms with E-state index in [4.69, 9.17) is 4.42 Å². The van der Waals surface area contributed by atoms with Gasteiger partial charge in [0.1, 0.15) is 0 Å². The highest BCUT2D eigenvalue weighted by Crippen LogP contribution is 2.28. The molecule has 1 fully saturated rings. The predicted molar refractivity (Wildman–Crippen MR) is 84.7 cm³/mol. The molecule has 5 nitrogen and oxygen atoms in total. The quantitative estimate of drug-likeness (QED) is 0.849. The van der Waals surface area contributed by atoms with Gasteiger partial charge in [-0.3, -0.25) is 4.79 Å². The number of hydrogen-bond donors (Lipinski definition) is 2. The molecule has 2 aromatic heterocycles. The summed E-state index contributed by atoms with van der Waals surface area (Å²) in [6, 6.07) is 3.83. The molecule has 0 radical (unpaired) electrons. The molecule has 22 heavy (non-hydrogen) atoms. The van der Waals surface area contributed by atoms with Gasteiger partial charge in [0.2, 0.25) is 0 Å². The summed E-state index contributed by atoms with van der Waals surface area (Å²) in [4.78, 5) is 17.5. The Bertz CT molecular complexity index is 609. The molecule has 0 saturated heterocycles. The summed E-state index contributed by atoms with van der Waals surface area (Å²) in [6.45, 7) is 0.113. The van der Waals surface area contributed by atoms with Gasteiger partial charge in [0, 0.05) is 18.6 Å². The second-order valence-corrected chi connectivity index (χ2v) is 6.62. The van der Waals surface area contributed by atoms with Crippen LogP contribution in [0.2, 0.25) is 0 Å². The molecule has 1 amide bonds. The molecule has 3 rings (SSSR count). The van der Waals surface area contributed by atoms with Crippen molar-refractivity contribution in [3.05, 3.63) is 29.6 Å². The van der Waals surface area contributed by atoms with Crippen LogP contribution in [0.4, 0.5) is 0 Å². The summed E-state index contributed by atoms with van der Waals surface area (Å²) in [5.74, 6) is 0.424. The molecule has 0 aliphatic heterocycles. The van der Waals surface area contributed by atoms with Crippen molar-refractivity contribution in [2.45, 2.75) is 38.1 Å². The normalized spacial score (nSPS) is 22.2. The van der Waals surface area contributed by atoms with E-state index in [1.165, 1.54) is 17.7 Å². The molecular formula is C16H20N2O3S. The monoisotopic (exact) mass is 320 g/mol. The summed E-state index contributed by atoms with van der Waals surface area (Å²) >= 11 is 1.51. The van der Waals surface area contributed by atoms with Gasteiger partial charge >= 0.3 is 0 Å². The van der Waals surface area contributed by atoms with E-state index in [1.807, 2.05) is 17.5 Å². The van der Waals surface area contributed by atoms with Crippen molar-refractivity contribution in [3.63, 3.8) is 0 Å². The van der Waals surface area contributed by atoms with Gasteiger partial charge in [0.15, 0.2) is 17.8 Å². The zero-order chi connectivity index (χ0) is 15.4. The Morgan fingerprint density at radius 2 is 2.27 bits per heavy atom. The molecule has 6 heteroatoms. The molecule has 2 atom stereocenters. The maximum absolute atomic E-state index is 12.6. The lowest BCUT2D eigenvalue weighted by atomic mass is 9.95. The van der Waals surface area contributed by atoms with Crippen LogP contribution >= 0.6 is 11.3 Å². The highest BCUT2D eigenvalue weighted by Gasteiger charge is 2.27. The van der Waals surface area contributed by atoms with E-state index in [2.05, 4.69) is 10.3 Å². The molecule has 2 N–H and O–H groups in total. The number of aliphatic hydroxyl groups is 1. The van der Waals surface area contributed by atoms with Crippen LogP contribution in [0.15, 0.2) is 28.3 Å². The van der Waals surface area contributed by atoms with Crippen molar-refractivity contribution < 1.29 is 14.3 Å². The van der Waals surface area contributed by atoms with Crippen LogP contribution in [0.3, 0.4) is 0 Å². The maximum atomic E-state index is 12.6. The van der Waals surface area contributed by atoms with Crippen molar-refractivity contribution in [2.24, 2.45) is 5.92 Å². The summed E-state index contributed by atoms with van der Waals surface area (Å²) in [5.41, 5.74) is 0.323. The number of carbonyl (C=O) groups excluding carboxylic acids is 1. The number of thiophene rings is 1. The molecule has 0 aromatic carbocycles. The Kier molecular flexibility index (Phi) is 4.90. The fourth-order valence-corrected chi connectivity index (χ4v) is 3.73. The molecule has 2 unspecified atom stereocenters. The number of rotatable bonds is 4. The van der Waals surface area contributed by atoms with Crippen LogP contribution in [0.1, 0.15) is 42.6 Å². The Hall–Kier alpha value is -1.66. The summed E-state index contributed by atoms with van der Waals surface area (Å²) in [7, 11) is 0. The van der Waals surface area contributed by atoms with E-state index in [0.717, 1.165) is 37.0 Å². The number of oxazole rings is 1. The van der Waals surface area contributed by atoms with Crippen LogP contribution in [-0.2, 0) is 0 Å². The zero-order valence-corrected chi connectivity index (χ0v) is 13.1. The van der Waals surface area contributed by atoms with Crippen molar-refractivity contribution >= 4 is 17.2 Å². The van der Waals surface area contributed by atoms with E-state index < -0.39 is 0 Å². The standard InChI is InChI=1S/C16H20N2O3S/c19-9-11-5-2-1-3-6-12(11)18-16(20)14-15(21-10-17-14)13-7-4-8-22-13/h4,7-8,10-12,19H,1-3,5-6,9H2,(H,18,20). The van der Waals surface area contributed by atoms with E-state index in [-0.39, 0.29) is 24.5 Å². The lowest BCUT2D eigenvalue weighted by Gasteiger charge is -2.24. The predicted octanol–water partition coefficient (Wildman–Crippen LogP) is 3.07. The first-order valence-corrected chi connectivity index (χ1v) is 8.56. The van der Waals surface area contributed by atoms with Gasteiger partial charge in [-0.15, -0.1) is 11.3 Å². The SMILES string of the molecule is O=C(NC1CCCCCC1CO)c1ncoc1-c1cccs1. The Labute approximate surface area is 133 Å². The van der Waals surface area contributed by atoms with Crippen molar-refractivity contribution in [1.82, 2.24) is 10.3 Å². The van der Waals surface area contributed by atoms with Crippen LogP contribution in [0, 0.1) is 5.92 Å². The van der Waals surface area contributed by atoms with Crippen LogP contribution in [0.5, 0.6) is 0 Å². The van der Waals surface area contributed by atoms with Gasteiger partial charge in [0.25, 0.3) is 5.91 Å². The third kappa shape index (κ3) is 3.23. The highest BCUT2D eigenvalue weighted by molar-refractivity contribution is 7.13. The van der Waals surface area contributed by atoms with E-state index in [9.17, 15) is 9.90 Å². The highest BCUT2D eigenvalue weighted by atomic mass is 32.1. The van der Waals surface area contributed by atoms with Gasteiger partial charge in [-0.25, -0.2) is 4.98 Å². The number of nitrogens with one attached hydrogen (secondary N) is 1. The second-order valence-electron chi connectivity index (χ2n) is 5.67. The largest absolute Gasteiger partial charge is 0.442 e. The van der Waals surface area contributed by atoms with Crippen LogP contribution in [-0.4, -0.2) is 28.6 Å². The Balaban J connectivity index is 1.75. The molecule has 0 spiro atoms. The number of amides is 1. The number of nitrogens with zero attached hydrogens (tertiary/aromatic N) is 1. The zero-order valence-electron chi connectivity index (χ0n) is 12.3. The van der Waals surface area contributed by atoms with Gasteiger partial charge in [-0.1, -0.05) is 25.3 Å². The lowest BCUT2D eigenvalue weighted by Crippen LogP contribution is -2.41. The van der Waals surface area contributed by atoms with Gasteiger partial charge in [0.05, 0.1) is 4.88 Å².